The molecule has 0 aliphatic rings. The fraction of sp³-hybridized carbons (Fsp3) is 0.909. The van der Waals surface area contributed by atoms with Crippen LogP contribution in [0.4, 0.5) is 0 Å². The molecule has 0 aromatic rings. The SMILES string of the molecule is CC(C)CCCNC(C)C(=O)N(C)C. The number of nitrogens with one attached hydrogen (secondary N) is 1. The summed E-state index contributed by atoms with van der Waals surface area (Å²) < 4.78 is 0. The van der Waals surface area contributed by atoms with Crippen LogP contribution < -0.4 is 5.32 Å². The van der Waals surface area contributed by atoms with Crippen LogP contribution in [0.25, 0.3) is 0 Å². The number of nitrogens with zero attached hydrogens (tertiary/aromatic N) is 1. The van der Waals surface area contributed by atoms with Crippen LogP contribution >= 0.6 is 0 Å². The first-order valence-corrected chi connectivity index (χ1v) is 5.39. The van der Waals surface area contributed by atoms with Crippen LogP contribution in [0.2, 0.25) is 0 Å². The molecular formula is C11H24N2O. The average Bonchev–Trinajstić information content (AvgIpc) is 2.10. The molecule has 0 aromatic carbocycles. The Hall–Kier alpha value is -0.570. The van der Waals surface area contributed by atoms with Crippen LogP contribution in [-0.2, 0) is 4.79 Å². The van der Waals surface area contributed by atoms with Crippen LogP contribution in [0.1, 0.15) is 33.6 Å². The topological polar surface area (TPSA) is 32.3 Å². The zero-order valence-corrected chi connectivity index (χ0v) is 10.1. The standard InChI is InChI=1S/C11H24N2O/c1-9(2)7-6-8-12-10(3)11(14)13(4)5/h9-10,12H,6-8H2,1-5H3. The molecule has 3 heteroatoms. The summed E-state index contributed by atoms with van der Waals surface area (Å²) in [6.07, 6.45) is 2.36. The van der Waals surface area contributed by atoms with Crippen molar-refractivity contribution >= 4 is 5.91 Å². The molecule has 0 aliphatic heterocycles. The first-order chi connectivity index (χ1) is 6.45. The van der Waals surface area contributed by atoms with Gasteiger partial charge in [-0.25, -0.2) is 0 Å². The Kier molecular flexibility index (Phi) is 6.54. The molecule has 1 amide bonds. The molecule has 1 unspecified atom stereocenters. The number of likely N-dealkylation sites (N-methyl/N-ethyl adjacent to an activating group) is 1. The highest BCUT2D eigenvalue weighted by atomic mass is 16.2. The molecule has 0 bridgehead atoms. The lowest BCUT2D eigenvalue weighted by Gasteiger charge is -2.18. The van der Waals surface area contributed by atoms with Gasteiger partial charge >= 0.3 is 0 Å². The van der Waals surface area contributed by atoms with Gasteiger partial charge in [-0.15, -0.1) is 0 Å². The highest BCUT2D eigenvalue weighted by molar-refractivity contribution is 5.80. The molecule has 0 spiro atoms. The Morgan fingerprint density at radius 1 is 1.29 bits per heavy atom. The van der Waals surface area contributed by atoms with Crippen LogP contribution in [0.15, 0.2) is 0 Å². The predicted molar refractivity (Wildman–Crippen MR) is 60.2 cm³/mol. The monoisotopic (exact) mass is 200 g/mol. The van der Waals surface area contributed by atoms with E-state index >= 15 is 0 Å². The normalized spacial score (nSPS) is 13.0. The average molecular weight is 200 g/mol. The minimum absolute atomic E-state index is 0.0582. The van der Waals surface area contributed by atoms with Gasteiger partial charge in [-0.05, 0) is 32.2 Å². The van der Waals surface area contributed by atoms with E-state index in [2.05, 4.69) is 19.2 Å². The van der Waals surface area contributed by atoms with E-state index in [4.69, 9.17) is 0 Å². The fourth-order valence-corrected chi connectivity index (χ4v) is 1.30. The first kappa shape index (κ1) is 13.4. The Labute approximate surface area is 87.9 Å². The molecule has 1 N–H and O–H groups in total. The Morgan fingerprint density at radius 2 is 1.86 bits per heavy atom. The van der Waals surface area contributed by atoms with E-state index in [0.717, 1.165) is 18.9 Å². The van der Waals surface area contributed by atoms with E-state index in [0.29, 0.717) is 0 Å². The van der Waals surface area contributed by atoms with E-state index in [-0.39, 0.29) is 11.9 Å². The maximum Gasteiger partial charge on any atom is 0.238 e. The van der Waals surface area contributed by atoms with Crippen LogP contribution in [0, 0.1) is 5.92 Å². The highest BCUT2D eigenvalue weighted by Crippen LogP contribution is 2.02. The van der Waals surface area contributed by atoms with Crippen molar-refractivity contribution in [2.24, 2.45) is 5.92 Å². The molecule has 0 saturated heterocycles. The van der Waals surface area contributed by atoms with Gasteiger partial charge in [-0.2, -0.15) is 0 Å². The number of carbonyl (C=O) groups is 1. The molecule has 0 aliphatic carbocycles. The first-order valence-electron chi connectivity index (χ1n) is 5.39. The Morgan fingerprint density at radius 3 is 2.29 bits per heavy atom. The van der Waals surface area contributed by atoms with E-state index in [9.17, 15) is 4.79 Å². The predicted octanol–water partition coefficient (Wildman–Crippen LogP) is 1.49. The van der Waals surface area contributed by atoms with Crippen molar-refractivity contribution in [1.29, 1.82) is 0 Å². The summed E-state index contributed by atoms with van der Waals surface area (Å²) in [5.41, 5.74) is 0. The third kappa shape index (κ3) is 5.97. The fourth-order valence-electron chi connectivity index (χ4n) is 1.30. The molecule has 14 heavy (non-hydrogen) atoms. The van der Waals surface area contributed by atoms with Crippen molar-refractivity contribution in [1.82, 2.24) is 10.2 Å². The summed E-state index contributed by atoms with van der Waals surface area (Å²) in [4.78, 5) is 13.1. The lowest BCUT2D eigenvalue weighted by molar-refractivity contribution is -0.130. The smallest absolute Gasteiger partial charge is 0.238 e. The van der Waals surface area contributed by atoms with Gasteiger partial charge < -0.3 is 10.2 Å². The van der Waals surface area contributed by atoms with E-state index in [1.807, 2.05) is 6.92 Å². The summed E-state index contributed by atoms with van der Waals surface area (Å²) in [5, 5.41) is 3.23. The molecule has 84 valence electrons. The maximum atomic E-state index is 11.4. The van der Waals surface area contributed by atoms with Gasteiger partial charge in [-0.3, -0.25) is 4.79 Å². The van der Waals surface area contributed by atoms with Crippen LogP contribution in [0.3, 0.4) is 0 Å². The lowest BCUT2D eigenvalue weighted by Crippen LogP contribution is -2.41. The van der Waals surface area contributed by atoms with Gasteiger partial charge in [0, 0.05) is 14.1 Å². The molecular weight excluding hydrogens is 176 g/mol. The zero-order valence-electron chi connectivity index (χ0n) is 10.1. The molecule has 0 aromatic heterocycles. The number of rotatable bonds is 6. The Bertz CT molecular complexity index is 167. The summed E-state index contributed by atoms with van der Waals surface area (Å²) in [5.74, 6) is 0.895. The quantitative estimate of drug-likeness (QED) is 0.659. The number of amides is 1. The summed E-state index contributed by atoms with van der Waals surface area (Å²) in [6, 6.07) is -0.0582. The number of carbonyl (C=O) groups excluding carboxylic acids is 1. The molecule has 0 heterocycles. The molecule has 3 nitrogen and oxygen atoms in total. The van der Waals surface area contributed by atoms with E-state index < -0.39 is 0 Å². The van der Waals surface area contributed by atoms with Gasteiger partial charge in [0.25, 0.3) is 0 Å². The van der Waals surface area contributed by atoms with Gasteiger partial charge in [0.15, 0.2) is 0 Å². The van der Waals surface area contributed by atoms with Gasteiger partial charge in [0.2, 0.25) is 5.91 Å². The van der Waals surface area contributed by atoms with Crippen molar-refractivity contribution in [2.45, 2.75) is 39.7 Å². The Balaban J connectivity index is 3.54. The number of hydrogen-bond acceptors (Lipinski definition) is 2. The van der Waals surface area contributed by atoms with Crippen molar-refractivity contribution < 1.29 is 4.79 Å². The lowest BCUT2D eigenvalue weighted by atomic mass is 10.1. The third-order valence-corrected chi connectivity index (χ3v) is 2.22. The second kappa shape index (κ2) is 6.82. The van der Waals surface area contributed by atoms with E-state index in [1.165, 1.54) is 6.42 Å². The summed E-state index contributed by atoms with van der Waals surface area (Å²) in [6.45, 7) is 7.28. The van der Waals surface area contributed by atoms with Crippen molar-refractivity contribution in [3.05, 3.63) is 0 Å². The molecule has 1 atom stereocenters. The molecule has 0 fully saturated rings. The largest absolute Gasteiger partial charge is 0.347 e. The second-order valence-corrected chi connectivity index (χ2v) is 4.44. The van der Waals surface area contributed by atoms with Crippen molar-refractivity contribution in [3.8, 4) is 0 Å². The maximum absolute atomic E-state index is 11.4. The minimum atomic E-state index is -0.0582. The van der Waals surface area contributed by atoms with Gasteiger partial charge in [-0.1, -0.05) is 13.8 Å². The highest BCUT2D eigenvalue weighted by Gasteiger charge is 2.12. The molecule has 0 saturated carbocycles. The van der Waals surface area contributed by atoms with Gasteiger partial charge in [0.1, 0.15) is 0 Å². The molecule has 0 rings (SSSR count). The number of hydrogen-bond donors (Lipinski definition) is 1. The van der Waals surface area contributed by atoms with Gasteiger partial charge in [0.05, 0.1) is 6.04 Å². The van der Waals surface area contributed by atoms with Crippen molar-refractivity contribution in [3.63, 3.8) is 0 Å². The zero-order chi connectivity index (χ0) is 11.1. The molecule has 0 radical (unpaired) electrons. The third-order valence-electron chi connectivity index (χ3n) is 2.22. The van der Waals surface area contributed by atoms with Crippen LogP contribution in [0.5, 0.6) is 0 Å². The van der Waals surface area contributed by atoms with Crippen LogP contribution in [-0.4, -0.2) is 37.5 Å². The van der Waals surface area contributed by atoms with Crippen molar-refractivity contribution in [2.75, 3.05) is 20.6 Å². The second-order valence-electron chi connectivity index (χ2n) is 4.44. The minimum Gasteiger partial charge on any atom is -0.347 e. The van der Waals surface area contributed by atoms with E-state index in [1.54, 1.807) is 19.0 Å². The summed E-state index contributed by atoms with van der Waals surface area (Å²) >= 11 is 0. The summed E-state index contributed by atoms with van der Waals surface area (Å²) in [7, 11) is 3.57.